The van der Waals surface area contributed by atoms with Gasteiger partial charge in [-0.25, -0.2) is 4.98 Å². The van der Waals surface area contributed by atoms with Crippen LogP contribution in [0.1, 0.15) is 17.7 Å². The van der Waals surface area contributed by atoms with Crippen LogP contribution in [-0.4, -0.2) is 36.0 Å². The van der Waals surface area contributed by atoms with Crippen molar-refractivity contribution in [3.05, 3.63) is 78.2 Å². The first-order chi connectivity index (χ1) is 13.8. The molecule has 0 spiro atoms. The molecule has 1 atom stereocenters. The van der Waals surface area contributed by atoms with E-state index in [1.165, 1.54) is 12.0 Å². The Bertz CT molecular complexity index is 905. The summed E-state index contributed by atoms with van der Waals surface area (Å²) in [5.74, 6) is 2.24. The minimum absolute atomic E-state index is 0.600. The molecular formula is C23H26N4O. The maximum atomic E-state index is 5.62. The number of benzene rings is 2. The summed E-state index contributed by atoms with van der Waals surface area (Å²) in [6.07, 6.45) is 4.03. The fourth-order valence-electron chi connectivity index (χ4n) is 3.74. The Morgan fingerprint density at radius 1 is 1.14 bits per heavy atom. The molecule has 1 aliphatic rings. The predicted molar refractivity (Wildman–Crippen MR) is 112 cm³/mol. The molecule has 5 heteroatoms. The third-order valence-corrected chi connectivity index (χ3v) is 5.16. The SMILES string of the molecule is CN=C(NCc1coc(-c2ccccc2)n1)N1CCC(Cc2ccccc2)C1. The highest BCUT2D eigenvalue weighted by Gasteiger charge is 2.25. The van der Waals surface area contributed by atoms with Gasteiger partial charge in [0, 0.05) is 25.7 Å². The molecule has 3 aromatic rings. The number of likely N-dealkylation sites (tertiary alicyclic amines) is 1. The summed E-state index contributed by atoms with van der Waals surface area (Å²) in [7, 11) is 1.84. The van der Waals surface area contributed by atoms with E-state index in [2.05, 4.69) is 50.5 Å². The van der Waals surface area contributed by atoms with Crippen molar-refractivity contribution in [2.75, 3.05) is 20.1 Å². The minimum Gasteiger partial charge on any atom is -0.444 e. The van der Waals surface area contributed by atoms with Crippen molar-refractivity contribution >= 4 is 5.96 Å². The van der Waals surface area contributed by atoms with Crippen molar-refractivity contribution in [3.8, 4) is 11.5 Å². The van der Waals surface area contributed by atoms with Crippen molar-refractivity contribution in [3.63, 3.8) is 0 Å². The summed E-state index contributed by atoms with van der Waals surface area (Å²) in [5, 5.41) is 3.43. The Morgan fingerprint density at radius 2 is 1.89 bits per heavy atom. The van der Waals surface area contributed by atoms with Gasteiger partial charge in [-0.05, 0) is 36.5 Å². The summed E-state index contributed by atoms with van der Waals surface area (Å²) in [5.41, 5.74) is 3.27. The van der Waals surface area contributed by atoms with Crippen LogP contribution in [0.25, 0.3) is 11.5 Å². The van der Waals surface area contributed by atoms with Gasteiger partial charge in [0.1, 0.15) is 6.26 Å². The first kappa shape index (κ1) is 18.3. The van der Waals surface area contributed by atoms with Crippen LogP contribution in [0, 0.1) is 5.92 Å². The highest BCUT2D eigenvalue weighted by Crippen LogP contribution is 2.21. The van der Waals surface area contributed by atoms with Crippen LogP contribution in [0.3, 0.4) is 0 Å². The highest BCUT2D eigenvalue weighted by molar-refractivity contribution is 5.80. The molecule has 1 aromatic heterocycles. The fraction of sp³-hybridized carbons (Fsp3) is 0.304. The van der Waals surface area contributed by atoms with E-state index in [0.29, 0.717) is 18.4 Å². The molecule has 0 saturated carbocycles. The van der Waals surface area contributed by atoms with Crippen LogP contribution >= 0.6 is 0 Å². The van der Waals surface area contributed by atoms with Gasteiger partial charge in [0.2, 0.25) is 5.89 Å². The molecule has 28 heavy (non-hydrogen) atoms. The largest absolute Gasteiger partial charge is 0.444 e. The lowest BCUT2D eigenvalue weighted by Gasteiger charge is -2.21. The number of aliphatic imine (C=N–C) groups is 1. The lowest BCUT2D eigenvalue weighted by atomic mass is 9.99. The van der Waals surface area contributed by atoms with E-state index in [9.17, 15) is 0 Å². The second-order valence-electron chi connectivity index (χ2n) is 7.20. The fourth-order valence-corrected chi connectivity index (χ4v) is 3.74. The third kappa shape index (κ3) is 4.42. The second kappa shape index (κ2) is 8.74. The van der Waals surface area contributed by atoms with Crippen molar-refractivity contribution in [1.82, 2.24) is 15.2 Å². The van der Waals surface area contributed by atoms with Gasteiger partial charge in [0.15, 0.2) is 5.96 Å². The Morgan fingerprint density at radius 3 is 2.64 bits per heavy atom. The second-order valence-corrected chi connectivity index (χ2v) is 7.20. The lowest BCUT2D eigenvalue weighted by molar-refractivity contribution is 0.459. The minimum atomic E-state index is 0.600. The van der Waals surface area contributed by atoms with Gasteiger partial charge < -0.3 is 14.6 Å². The van der Waals surface area contributed by atoms with Crippen molar-refractivity contribution in [2.45, 2.75) is 19.4 Å². The zero-order chi connectivity index (χ0) is 19.2. The van der Waals surface area contributed by atoms with Crippen LogP contribution in [-0.2, 0) is 13.0 Å². The van der Waals surface area contributed by atoms with E-state index >= 15 is 0 Å². The van der Waals surface area contributed by atoms with E-state index in [1.54, 1.807) is 6.26 Å². The lowest BCUT2D eigenvalue weighted by Crippen LogP contribution is -2.39. The molecule has 4 rings (SSSR count). The number of guanidine groups is 1. The summed E-state index contributed by atoms with van der Waals surface area (Å²) in [6, 6.07) is 20.7. The molecule has 144 valence electrons. The van der Waals surface area contributed by atoms with E-state index < -0.39 is 0 Å². The smallest absolute Gasteiger partial charge is 0.226 e. The van der Waals surface area contributed by atoms with Gasteiger partial charge >= 0.3 is 0 Å². The average Bonchev–Trinajstić information content (AvgIpc) is 3.40. The summed E-state index contributed by atoms with van der Waals surface area (Å²) < 4.78 is 5.62. The zero-order valence-corrected chi connectivity index (χ0v) is 16.2. The van der Waals surface area contributed by atoms with Crippen LogP contribution in [0.4, 0.5) is 0 Å². The Balaban J connectivity index is 1.31. The third-order valence-electron chi connectivity index (χ3n) is 5.16. The highest BCUT2D eigenvalue weighted by atomic mass is 16.3. The number of nitrogens with one attached hydrogen (secondary N) is 1. The molecule has 2 heterocycles. The number of nitrogens with zero attached hydrogens (tertiary/aromatic N) is 3. The number of rotatable bonds is 5. The summed E-state index contributed by atoms with van der Waals surface area (Å²) in [6.45, 7) is 2.66. The molecule has 5 nitrogen and oxygen atoms in total. The van der Waals surface area contributed by atoms with Crippen LogP contribution in [0.15, 0.2) is 76.3 Å². The van der Waals surface area contributed by atoms with E-state index in [-0.39, 0.29) is 0 Å². The molecule has 1 fully saturated rings. The topological polar surface area (TPSA) is 53.7 Å². The maximum Gasteiger partial charge on any atom is 0.226 e. The standard InChI is InChI=1S/C23H26N4O/c1-24-23(27-13-12-19(16-27)14-18-8-4-2-5-9-18)25-15-21-17-28-22(26-21)20-10-6-3-7-11-20/h2-11,17,19H,12-16H2,1H3,(H,24,25). The van der Waals surface area contributed by atoms with Crippen molar-refractivity contribution in [1.29, 1.82) is 0 Å². The van der Waals surface area contributed by atoms with Gasteiger partial charge in [-0.3, -0.25) is 4.99 Å². The molecule has 1 unspecified atom stereocenters. The van der Waals surface area contributed by atoms with Crippen LogP contribution in [0.2, 0.25) is 0 Å². The van der Waals surface area contributed by atoms with Gasteiger partial charge in [-0.15, -0.1) is 0 Å². The normalized spacial score (nSPS) is 17.1. The van der Waals surface area contributed by atoms with Gasteiger partial charge in [0.05, 0.1) is 12.2 Å². The molecule has 2 aromatic carbocycles. The molecule has 0 amide bonds. The predicted octanol–water partition coefficient (Wildman–Crippen LogP) is 3.98. The van der Waals surface area contributed by atoms with E-state index in [0.717, 1.165) is 36.7 Å². The Hall–Kier alpha value is -3.08. The molecule has 1 saturated heterocycles. The van der Waals surface area contributed by atoms with Gasteiger partial charge in [-0.2, -0.15) is 0 Å². The van der Waals surface area contributed by atoms with Crippen molar-refractivity contribution in [2.24, 2.45) is 10.9 Å². The monoisotopic (exact) mass is 374 g/mol. The Kier molecular flexibility index (Phi) is 5.71. The number of aromatic nitrogens is 1. The van der Waals surface area contributed by atoms with Gasteiger partial charge in [0.25, 0.3) is 0 Å². The molecule has 0 aliphatic carbocycles. The zero-order valence-electron chi connectivity index (χ0n) is 16.2. The first-order valence-corrected chi connectivity index (χ1v) is 9.81. The van der Waals surface area contributed by atoms with E-state index in [1.807, 2.05) is 37.4 Å². The number of oxazole rings is 1. The van der Waals surface area contributed by atoms with Gasteiger partial charge in [-0.1, -0.05) is 48.5 Å². The summed E-state index contributed by atoms with van der Waals surface area (Å²) >= 11 is 0. The molecule has 1 aliphatic heterocycles. The van der Waals surface area contributed by atoms with Crippen LogP contribution in [0.5, 0.6) is 0 Å². The van der Waals surface area contributed by atoms with E-state index in [4.69, 9.17) is 4.42 Å². The molecule has 0 radical (unpaired) electrons. The average molecular weight is 374 g/mol. The number of hydrogen-bond donors (Lipinski definition) is 1. The maximum absolute atomic E-state index is 5.62. The van der Waals surface area contributed by atoms with Crippen LogP contribution < -0.4 is 5.32 Å². The Labute approximate surface area is 166 Å². The quantitative estimate of drug-likeness (QED) is 0.542. The molecule has 0 bridgehead atoms. The molecule has 1 N–H and O–H groups in total. The molecular weight excluding hydrogens is 348 g/mol. The first-order valence-electron chi connectivity index (χ1n) is 9.81. The number of hydrogen-bond acceptors (Lipinski definition) is 3. The summed E-state index contributed by atoms with van der Waals surface area (Å²) in [4.78, 5) is 11.4. The van der Waals surface area contributed by atoms with Crippen molar-refractivity contribution < 1.29 is 4.42 Å².